The second-order valence-electron chi connectivity index (χ2n) is 7.82. The molecular weight excluding hydrogens is 493 g/mol. The monoisotopic (exact) mass is 520 g/mol. The highest BCUT2D eigenvalue weighted by Crippen LogP contribution is 2.40. The van der Waals surface area contributed by atoms with Crippen molar-refractivity contribution >= 4 is 18.0 Å². The smallest absolute Gasteiger partial charge is 0.420 e. The summed E-state index contributed by atoms with van der Waals surface area (Å²) < 4.78 is 50.5. The highest BCUT2D eigenvalue weighted by molar-refractivity contribution is 6.13. The van der Waals surface area contributed by atoms with E-state index in [0.717, 1.165) is 24.5 Å². The van der Waals surface area contributed by atoms with Crippen molar-refractivity contribution in [1.82, 2.24) is 10.6 Å². The Morgan fingerprint density at radius 3 is 2.35 bits per heavy atom. The molecule has 0 aliphatic heterocycles. The van der Waals surface area contributed by atoms with Crippen LogP contribution in [-0.2, 0) is 22.3 Å². The topological polar surface area (TPSA) is 135 Å². The molecule has 0 aromatic heterocycles. The highest BCUT2D eigenvalue weighted by Gasteiger charge is 2.36. The Hall–Kier alpha value is -4.32. The van der Waals surface area contributed by atoms with E-state index in [1.165, 1.54) is 38.4 Å². The van der Waals surface area contributed by atoms with Crippen LogP contribution in [0.1, 0.15) is 18.1 Å². The standard InChI is InChI=1S/C25H27F3N4O5/c1-4-30-14-17(12-29)22(34)32-24(2,15-33)23(35)31-13-16-5-7-18(8-6-16)37-21-10-9-19(36-3)11-20(21)25(26,27)28/h4-12,14,33H,1,13,15,29H2,2-3H3,(H,31,35)(H,32,34)/b17-12+,30-14-/t24-/m1/s1. The van der Waals surface area contributed by atoms with E-state index in [4.69, 9.17) is 15.2 Å². The van der Waals surface area contributed by atoms with Gasteiger partial charge in [0, 0.05) is 25.2 Å². The predicted octanol–water partition coefficient (Wildman–Crippen LogP) is 3.05. The van der Waals surface area contributed by atoms with Gasteiger partial charge < -0.3 is 30.9 Å². The Morgan fingerprint density at radius 2 is 1.81 bits per heavy atom. The fourth-order valence-electron chi connectivity index (χ4n) is 2.93. The molecule has 5 N–H and O–H groups in total. The molecule has 37 heavy (non-hydrogen) atoms. The van der Waals surface area contributed by atoms with Gasteiger partial charge in [-0.2, -0.15) is 13.2 Å². The second-order valence-corrected chi connectivity index (χ2v) is 7.82. The summed E-state index contributed by atoms with van der Waals surface area (Å²) in [4.78, 5) is 28.8. The molecule has 0 aliphatic carbocycles. The Labute approximate surface area is 211 Å². The van der Waals surface area contributed by atoms with Gasteiger partial charge in [-0.1, -0.05) is 18.7 Å². The number of halogens is 3. The van der Waals surface area contributed by atoms with Crippen molar-refractivity contribution in [2.45, 2.75) is 25.2 Å². The van der Waals surface area contributed by atoms with Gasteiger partial charge in [0.1, 0.15) is 28.4 Å². The summed E-state index contributed by atoms with van der Waals surface area (Å²) in [5.74, 6) is -1.64. The lowest BCUT2D eigenvalue weighted by atomic mass is 10.0. The molecule has 12 heteroatoms. The lowest BCUT2D eigenvalue weighted by molar-refractivity contribution is -0.138. The lowest BCUT2D eigenvalue weighted by Crippen LogP contribution is -2.59. The first-order valence-electron chi connectivity index (χ1n) is 10.8. The summed E-state index contributed by atoms with van der Waals surface area (Å²) in [5, 5.41) is 14.7. The number of rotatable bonds is 11. The average Bonchev–Trinajstić information content (AvgIpc) is 2.88. The molecule has 9 nitrogen and oxygen atoms in total. The molecule has 2 aromatic carbocycles. The SMILES string of the molecule is C=C/N=C\C(=C/N)C(=O)N[C@](C)(CO)C(=O)NCc1ccc(Oc2ccc(OC)cc2C(F)(F)F)cc1. The summed E-state index contributed by atoms with van der Waals surface area (Å²) in [7, 11) is 1.26. The molecule has 0 saturated carbocycles. The number of aliphatic hydroxyl groups is 1. The van der Waals surface area contributed by atoms with E-state index in [-0.39, 0.29) is 23.6 Å². The van der Waals surface area contributed by atoms with Gasteiger partial charge in [0.25, 0.3) is 5.91 Å². The maximum Gasteiger partial charge on any atom is 0.420 e. The van der Waals surface area contributed by atoms with Gasteiger partial charge in [-0.05, 0) is 42.8 Å². The van der Waals surface area contributed by atoms with E-state index in [9.17, 15) is 27.9 Å². The van der Waals surface area contributed by atoms with Gasteiger partial charge in [0.2, 0.25) is 5.91 Å². The maximum atomic E-state index is 13.4. The molecule has 0 spiro atoms. The van der Waals surface area contributed by atoms with Crippen molar-refractivity contribution in [3.63, 3.8) is 0 Å². The largest absolute Gasteiger partial charge is 0.497 e. The molecule has 0 heterocycles. The summed E-state index contributed by atoms with van der Waals surface area (Å²) in [6, 6.07) is 9.32. The number of nitrogens with two attached hydrogens (primary N) is 1. The number of nitrogens with one attached hydrogen (secondary N) is 2. The fraction of sp³-hybridized carbons (Fsp3) is 0.240. The Bertz CT molecular complexity index is 1180. The number of benzene rings is 2. The van der Waals surface area contributed by atoms with Crippen LogP contribution in [0.25, 0.3) is 0 Å². The molecule has 0 unspecified atom stereocenters. The van der Waals surface area contributed by atoms with Crippen molar-refractivity contribution in [1.29, 1.82) is 0 Å². The minimum absolute atomic E-state index is 0.00157. The van der Waals surface area contributed by atoms with E-state index in [0.29, 0.717) is 5.56 Å². The van der Waals surface area contributed by atoms with E-state index in [1.807, 2.05) is 0 Å². The normalized spacial score (nSPS) is 13.5. The average molecular weight is 521 g/mol. The maximum absolute atomic E-state index is 13.4. The second kappa shape index (κ2) is 12.6. The van der Waals surface area contributed by atoms with Crippen molar-refractivity contribution in [3.8, 4) is 17.2 Å². The molecule has 198 valence electrons. The van der Waals surface area contributed by atoms with Gasteiger partial charge in [-0.25, -0.2) is 0 Å². The van der Waals surface area contributed by atoms with Crippen LogP contribution in [0.15, 0.2) is 72.0 Å². The Morgan fingerprint density at radius 1 is 1.16 bits per heavy atom. The summed E-state index contributed by atoms with van der Waals surface area (Å²) in [6.45, 7) is 3.99. The van der Waals surface area contributed by atoms with Gasteiger partial charge in [0.15, 0.2) is 0 Å². The number of ether oxygens (including phenoxy) is 2. The van der Waals surface area contributed by atoms with Crippen LogP contribution < -0.4 is 25.8 Å². The first kappa shape index (κ1) is 28.9. The van der Waals surface area contributed by atoms with Crippen LogP contribution in [0.3, 0.4) is 0 Å². The lowest BCUT2D eigenvalue weighted by Gasteiger charge is -2.27. The zero-order valence-electron chi connectivity index (χ0n) is 20.1. The minimum atomic E-state index is -4.65. The number of hydrogen-bond acceptors (Lipinski definition) is 7. The number of aliphatic imine (C=N–C) groups is 1. The molecule has 0 fully saturated rings. The number of carbonyl (C=O) groups is 2. The molecule has 0 aliphatic rings. The highest BCUT2D eigenvalue weighted by atomic mass is 19.4. The first-order chi connectivity index (χ1) is 17.5. The first-order valence-corrected chi connectivity index (χ1v) is 10.8. The van der Waals surface area contributed by atoms with Crippen LogP contribution >= 0.6 is 0 Å². The van der Waals surface area contributed by atoms with E-state index in [2.05, 4.69) is 22.2 Å². The molecule has 0 bridgehead atoms. The Balaban J connectivity index is 2.07. The summed E-state index contributed by atoms with van der Waals surface area (Å²) >= 11 is 0. The van der Waals surface area contributed by atoms with Crippen LogP contribution in [0, 0.1) is 0 Å². The predicted molar refractivity (Wildman–Crippen MR) is 131 cm³/mol. The van der Waals surface area contributed by atoms with Crippen LogP contribution in [0.5, 0.6) is 17.2 Å². The van der Waals surface area contributed by atoms with Crippen molar-refractivity contribution in [2.24, 2.45) is 10.7 Å². The van der Waals surface area contributed by atoms with E-state index >= 15 is 0 Å². The molecule has 2 aromatic rings. The molecule has 0 saturated heterocycles. The summed E-state index contributed by atoms with van der Waals surface area (Å²) in [6.07, 6.45) is -1.32. The van der Waals surface area contributed by atoms with Crippen LogP contribution in [0.4, 0.5) is 13.2 Å². The summed E-state index contributed by atoms with van der Waals surface area (Å²) in [5.41, 5.74) is 3.27. The van der Waals surface area contributed by atoms with Gasteiger partial charge in [-0.3, -0.25) is 14.6 Å². The zero-order chi connectivity index (χ0) is 27.6. The number of alkyl halides is 3. The number of amides is 2. The van der Waals surface area contributed by atoms with Crippen LogP contribution in [0.2, 0.25) is 0 Å². The number of carbonyl (C=O) groups excluding carboxylic acids is 2. The van der Waals surface area contributed by atoms with Gasteiger partial charge >= 0.3 is 6.18 Å². The van der Waals surface area contributed by atoms with Crippen molar-refractivity contribution in [3.05, 3.63) is 78.1 Å². The fourth-order valence-corrected chi connectivity index (χ4v) is 2.93. The van der Waals surface area contributed by atoms with Crippen molar-refractivity contribution in [2.75, 3.05) is 13.7 Å². The van der Waals surface area contributed by atoms with E-state index in [1.54, 1.807) is 12.1 Å². The molecule has 2 amide bonds. The number of methoxy groups -OCH3 is 1. The number of aliphatic hydroxyl groups excluding tert-OH is 1. The molecule has 1 atom stereocenters. The van der Waals surface area contributed by atoms with Gasteiger partial charge in [0.05, 0.1) is 19.3 Å². The van der Waals surface area contributed by atoms with Crippen molar-refractivity contribution < 1.29 is 37.3 Å². The number of hydrogen-bond donors (Lipinski definition) is 4. The third-order valence-corrected chi connectivity index (χ3v) is 5.06. The zero-order valence-corrected chi connectivity index (χ0v) is 20.1. The Kier molecular flexibility index (Phi) is 9.83. The minimum Gasteiger partial charge on any atom is -0.497 e. The molecular formula is C25H27F3N4O5. The third-order valence-electron chi connectivity index (χ3n) is 5.06. The third kappa shape index (κ3) is 7.84. The number of nitrogens with zero attached hydrogens (tertiary/aromatic N) is 1. The molecule has 0 radical (unpaired) electrons. The quantitative estimate of drug-likeness (QED) is 0.266. The van der Waals surface area contributed by atoms with E-state index < -0.39 is 41.4 Å². The molecule has 2 rings (SSSR count). The van der Waals surface area contributed by atoms with Gasteiger partial charge in [-0.15, -0.1) is 0 Å². The van der Waals surface area contributed by atoms with Crippen LogP contribution in [-0.4, -0.2) is 42.4 Å².